The van der Waals surface area contributed by atoms with Crippen molar-refractivity contribution in [3.05, 3.63) is 95.1 Å². The Labute approximate surface area is 200 Å². The van der Waals surface area contributed by atoms with Gasteiger partial charge in [-0.15, -0.1) is 0 Å². The summed E-state index contributed by atoms with van der Waals surface area (Å²) < 4.78 is 33.9. The van der Waals surface area contributed by atoms with Crippen molar-refractivity contribution in [3.63, 3.8) is 0 Å². The molecular formula is C27H23F2NO5. The van der Waals surface area contributed by atoms with Crippen molar-refractivity contribution in [2.75, 3.05) is 11.5 Å². The second-order valence-corrected chi connectivity index (χ2v) is 8.59. The predicted molar refractivity (Wildman–Crippen MR) is 126 cm³/mol. The van der Waals surface area contributed by atoms with E-state index in [2.05, 4.69) is 0 Å². The number of aromatic hydroxyl groups is 1. The largest absolute Gasteiger partial charge is 0.508 e. The van der Waals surface area contributed by atoms with Crippen LogP contribution in [0.2, 0.25) is 0 Å². The first-order valence-electron chi connectivity index (χ1n) is 11.0. The number of ketones is 1. The number of halogens is 2. The molecule has 0 spiro atoms. The van der Waals surface area contributed by atoms with Crippen LogP contribution >= 0.6 is 0 Å². The third-order valence-corrected chi connectivity index (χ3v) is 5.53. The van der Waals surface area contributed by atoms with Crippen LogP contribution in [0, 0.1) is 17.6 Å². The number of phenols is 1. The maximum absolute atomic E-state index is 14.7. The summed E-state index contributed by atoms with van der Waals surface area (Å²) in [5.74, 6) is -3.62. The number of Topliss-reactive ketones (excluding diaryl/α,β-unsaturated/α-hetero) is 1. The van der Waals surface area contributed by atoms with E-state index in [0.29, 0.717) is 29.9 Å². The molecule has 2 N–H and O–H groups in total. The molecule has 0 aliphatic carbocycles. The van der Waals surface area contributed by atoms with Gasteiger partial charge in [0.15, 0.2) is 0 Å². The fourth-order valence-electron chi connectivity index (χ4n) is 3.86. The lowest BCUT2D eigenvalue weighted by molar-refractivity contribution is -0.132. The van der Waals surface area contributed by atoms with E-state index in [1.807, 2.05) is 13.8 Å². The van der Waals surface area contributed by atoms with Crippen LogP contribution in [0.1, 0.15) is 31.0 Å². The van der Waals surface area contributed by atoms with Gasteiger partial charge in [-0.1, -0.05) is 26.0 Å². The molecule has 0 aromatic heterocycles. The molecule has 1 fully saturated rings. The van der Waals surface area contributed by atoms with Gasteiger partial charge in [0.2, 0.25) is 0 Å². The van der Waals surface area contributed by atoms with E-state index >= 15 is 0 Å². The van der Waals surface area contributed by atoms with Crippen LogP contribution in [0.15, 0.2) is 72.3 Å². The zero-order chi connectivity index (χ0) is 25.3. The highest BCUT2D eigenvalue weighted by molar-refractivity contribution is 6.51. The molecule has 1 aliphatic heterocycles. The average Bonchev–Trinajstić information content (AvgIpc) is 3.08. The van der Waals surface area contributed by atoms with E-state index in [0.717, 1.165) is 17.0 Å². The number of benzene rings is 3. The zero-order valence-electron chi connectivity index (χ0n) is 19.0. The molecular weight excluding hydrogens is 456 g/mol. The quantitative estimate of drug-likeness (QED) is 0.283. The number of aliphatic hydroxyl groups excluding tert-OH is 1. The van der Waals surface area contributed by atoms with Crippen LogP contribution < -0.4 is 9.64 Å². The fourth-order valence-corrected chi connectivity index (χ4v) is 3.86. The summed E-state index contributed by atoms with van der Waals surface area (Å²) >= 11 is 0. The monoisotopic (exact) mass is 479 g/mol. The summed E-state index contributed by atoms with van der Waals surface area (Å²) in [6.45, 7) is 4.51. The molecule has 3 aromatic carbocycles. The Morgan fingerprint density at radius 2 is 1.66 bits per heavy atom. The first kappa shape index (κ1) is 23.9. The number of hydrogen-bond acceptors (Lipinski definition) is 5. The van der Waals surface area contributed by atoms with E-state index in [9.17, 15) is 28.6 Å². The van der Waals surface area contributed by atoms with Gasteiger partial charge in [-0.05, 0) is 60.0 Å². The van der Waals surface area contributed by atoms with Crippen molar-refractivity contribution in [2.24, 2.45) is 5.92 Å². The second-order valence-electron chi connectivity index (χ2n) is 8.59. The summed E-state index contributed by atoms with van der Waals surface area (Å²) in [5.41, 5.74) is 0.00994. The number of phenolic OH excluding ortho intramolecular Hbond substituents is 1. The minimum absolute atomic E-state index is 0.0596. The van der Waals surface area contributed by atoms with Crippen LogP contribution in [0.5, 0.6) is 11.5 Å². The molecule has 3 aromatic rings. The number of nitrogens with zero attached hydrogens (tertiary/aromatic N) is 1. The minimum Gasteiger partial charge on any atom is -0.508 e. The maximum Gasteiger partial charge on any atom is 0.300 e. The van der Waals surface area contributed by atoms with Gasteiger partial charge in [0, 0.05) is 11.6 Å². The lowest BCUT2D eigenvalue weighted by atomic mass is 9.95. The maximum atomic E-state index is 14.7. The van der Waals surface area contributed by atoms with Gasteiger partial charge in [0.1, 0.15) is 28.9 Å². The number of anilines is 1. The molecule has 0 saturated carbocycles. The number of hydrogen-bond donors (Lipinski definition) is 2. The molecule has 8 heteroatoms. The molecule has 35 heavy (non-hydrogen) atoms. The molecule has 1 amide bonds. The molecule has 0 radical (unpaired) electrons. The highest BCUT2D eigenvalue weighted by Gasteiger charge is 2.47. The van der Waals surface area contributed by atoms with Gasteiger partial charge in [-0.2, -0.15) is 0 Å². The van der Waals surface area contributed by atoms with Gasteiger partial charge in [-0.3, -0.25) is 14.5 Å². The van der Waals surface area contributed by atoms with Crippen molar-refractivity contribution in [1.29, 1.82) is 0 Å². The third-order valence-electron chi connectivity index (χ3n) is 5.53. The number of carbonyl (C=O) groups is 2. The molecule has 180 valence electrons. The first-order chi connectivity index (χ1) is 16.7. The van der Waals surface area contributed by atoms with Crippen molar-refractivity contribution >= 4 is 23.1 Å². The van der Waals surface area contributed by atoms with Gasteiger partial charge >= 0.3 is 0 Å². The van der Waals surface area contributed by atoms with E-state index in [1.54, 1.807) is 24.3 Å². The normalized spacial score (nSPS) is 17.3. The third kappa shape index (κ3) is 4.73. The highest BCUT2D eigenvalue weighted by Crippen LogP contribution is 2.43. The summed E-state index contributed by atoms with van der Waals surface area (Å²) in [4.78, 5) is 27.0. The van der Waals surface area contributed by atoms with Gasteiger partial charge in [-0.25, -0.2) is 8.78 Å². The zero-order valence-corrected chi connectivity index (χ0v) is 19.0. The average molecular weight is 479 g/mol. The summed E-state index contributed by atoms with van der Waals surface area (Å²) in [7, 11) is 0. The van der Waals surface area contributed by atoms with Crippen molar-refractivity contribution in [2.45, 2.75) is 19.9 Å². The van der Waals surface area contributed by atoms with E-state index < -0.39 is 35.1 Å². The number of aliphatic hydroxyl groups is 1. The fraction of sp³-hybridized carbons (Fsp3) is 0.185. The van der Waals surface area contributed by atoms with Crippen LogP contribution in [-0.4, -0.2) is 28.5 Å². The summed E-state index contributed by atoms with van der Waals surface area (Å²) in [5, 5.41) is 20.8. The molecule has 0 bridgehead atoms. The van der Waals surface area contributed by atoms with Crippen LogP contribution in [-0.2, 0) is 9.59 Å². The lowest BCUT2D eigenvalue weighted by Gasteiger charge is -2.25. The number of ether oxygens (including phenoxy) is 1. The predicted octanol–water partition coefficient (Wildman–Crippen LogP) is 5.33. The molecule has 1 unspecified atom stereocenters. The standard InChI is InChI=1S/C27H23F2NO5/c1-15(2)14-35-20-10-5-17(6-11-20)25(32)23-24(16-3-8-19(31)9-4-16)30(27(34)26(23)33)22-12-7-18(28)13-21(22)29/h3-13,15,24,31-32H,14H2,1-2H3/b25-23+. The summed E-state index contributed by atoms with van der Waals surface area (Å²) in [6.07, 6.45) is 0. The van der Waals surface area contributed by atoms with Crippen LogP contribution in [0.4, 0.5) is 14.5 Å². The number of rotatable bonds is 6. The Bertz CT molecular complexity index is 1300. The highest BCUT2D eigenvalue weighted by atomic mass is 19.1. The molecule has 1 heterocycles. The Morgan fingerprint density at radius 1 is 1.00 bits per heavy atom. The molecule has 6 nitrogen and oxygen atoms in total. The van der Waals surface area contributed by atoms with E-state index in [4.69, 9.17) is 4.74 Å². The van der Waals surface area contributed by atoms with Gasteiger partial charge < -0.3 is 14.9 Å². The van der Waals surface area contributed by atoms with Crippen LogP contribution in [0.25, 0.3) is 5.76 Å². The smallest absolute Gasteiger partial charge is 0.300 e. The molecule has 4 rings (SSSR count). The Morgan fingerprint density at radius 3 is 2.26 bits per heavy atom. The molecule has 1 atom stereocenters. The second kappa shape index (κ2) is 9.58. The molecule has 1 saturated heterocycles. The van der Waals surface area contributed by atoms with E-state index in [1.165, 1.54) is 24.3 Å². The number of carbonyl (C=O) groups excluding carboxylic acids is 2. The van der Waals surface area contributed by atoms with Crippen molar-refractivity contribution < 1.29 is 33.3 Å². The minimum atomic E-state index is -1.22. The number of amides is 1. The first-order valence-corrected chi connectivity index (χ1v) is 11.0. The summed E-state index contributed by atoms with van der Waals surface area (Å²) in [6, 6.07) is 13.4. The topological polar surface area (TPSA) is 87.1 Å². The Kier molecular flexibility index (Phi) is 6.55. The lowest BCUT2D eigenvalue weighted by Crippen LogP contribution is -2.30. The molecule has 1 aliphatic rings. The van der Waals surface area contributed by atoms with E-state index in [-0.39, 0.29) is 22.6 Å². The van der Waals surface area contributed by atoms with Crippen molar-refractivity contribution in [1.82, 2.24) is 0 Å². The SMILES string of the molecule is CC(C)COc1ccc(/C(O)=C2\C(=O)C(=O)N(c3ccc(F)cc3F)C2c2ccc(O)cc2)cc1. The van der Waals surface area contributed by atoms with Gasteiger partial charge in [0.25, 0.3) is 11.7 Å². The van der Waals surface area contributed by atoms with Gasteiger partial charge in [0.05, 0.1) is 23.9 Å². The van der Waals surface area contributed by atoms with Crippen LogP contribution in [0.3, 0.4) is 0 Å². The Balaban J connectivity index is 1.84. The Hall–Kier alpha value is -4.20. The van der Waals surface area contributed by atoms with Crippen molar-refractivity contribution in [3.8, 4) is 11.5 Å².